The van der Waals surface area contributed by atoms with Gasteiger partial charge in [-0.15, -0.1) is 0 Å². The lowest BCUT2D eigenvalue weighted by atomic mass is 9.84. The molecule has 2 aromatic carbocycles. The van der Waals surface area contributed by atoms with Crippen LogP contribution in [0, 0.1) is 6.92 Å². The summed E-state index contributed by atoms with van der Waals surface area (Å²) in [6.07, 6.45) is 0.795. The van der Waals surface area contributed by atoms with Crippen molar-refractivity contribution in [2.24, 2.45) is 0 Å². The maximum atomic E-state index is 12.7. The fourth-order valence-corrected chi connectivity index (χ4v) is 3.79. The van der Waals surface area contributed by atoms with E-state index in [4.69, 9.17) is 23.2 Å². The largest absolute Gasteiger partial charge is 0.350 e. The van der Waals surface area contributed by atoms with Crippen LogP contribution >= 0.6 is 23.2 Å². The highest BCUT2D eigenvalue weighted by Gasteiger charge is 2.49. The molecule has 27 heavy (non-hydrogen) atoms. The van der Waals surface area contributed by atoms with E-state index in [1.54, 1.807) is 23.1 Å². The first kappa shape index (κ1) is 19.7. The average molecular weight is 405 g/mol. The Kier molecular flexibility index (Phi) is 5.78. The predicted octanol–water partition coefficient (Wildman–Crippen LogP) is 4.15. The molecule has 2 aromatic rings. The molecule has 0 aliphatic carbocycles. The molecule has 1 heterocycles. The van der Waals surface area contributed by atoms with Crippen molar-refractivity contribution in [3.63, 3.8) is 0 Å². The van der Waals surface area contributed by atoms with Crippen molar-refractivity contribution in [3.8, 4) is 0 Å². The van der Waals surface area contributed by atoms with Gasteiger partial charge in [0.15, 0.2) is 0 Å². The molecule has 0 aromatic heterocycles. The second-order valence-corrected chi connectivity index (χ2v) is 8.00. The first-order chi connectivity index (χ1) is 12.8. The standard InChI is InChI=1S/C21H22Cl2N2O2/c1-14-4-3-5-15(10-14)13-24-20(27)21(2)8-9-25(21)19(26)11-16-6-7-17(22)12-18(16)23/h3-7,10,12H,8-9,11,13H2,1-2H3,(H,24,27). The van der Waals surface area contributed by atoms with Crippen LogP contribution in [0.3, 0.4) is 0 Å². The Bertz CT molecular complexity index is 884. The first-order valence-electron chi connectivity index (χ1n) is 8.88. The van der Waals surface area contributed by atoms with Crippen LogP contribution in [0.2, 0.25) is 10.0 Å². The highest BCUT2D eigenvalue weighted by atomic mass is 35.5. The van der Waals surface area contributed by atoms with Crippen LogP contribution in [0.5, 0.6) is 0 Å². The van der Waals surface area contributed by atoms with E-state index in [9.17, 15) is 9.59 Å². The van der Waals surface area contributed by atoms with Crippen molar-refractivity contribution in [2.75, 3.05) is 6.54 Å². The van der Waals surface area contributed by atoms with E-state index < -0.39 is 5.54 Å². The van der Waals surface area contributed by atoms with E-state index >= 15 is 0 Å². The van der Waals surface area contributed by atoms with E-state index in [1.807, 2.05) is 38.1 Å². The summed E-state index contributed by atoms with van der Waals surface area (Å²) < 4.78 is 0. The van der Waals surface area contributed by atoms with E-state index in [0.717, 1.165) is 11.1 Å². The molecule has 1 aliphatic heterocycles. The van der Waals surface area contributed by atoms with Gasteiger partial charge in [0.2, 0.25) is 11.8 Å². The molecule has 1 N–H and O–H groups in total. The SMILES string of the molecule is Cc1cccc(CNC(=O)C2(C)CCN2C(=O)Cc2ccc(Cl)cc2Cl)c1. The number of likely N-dealkylation sites (tertiary alicyclic amines) is 1. The molecule has 1 atom stereocenters. The summed E-state index contributed by atoms with van der Waals surface area (Å²) in [5.41, 5.74) is 2.07. The van der Waals surface area contributed by atoms with Gasteiger partial charge in [0, 0.05) is 23.1 Å². The molecule has 142 valence electrons. The average Bonchev–Trinajstić information content (AvgIpc) is 2.60. The minimum Gasteiger partial charge on any atom is -0.350 e. The molecule has 2 amide bonds. The fourth-order valence-electron chi connectivity index (χ4n) is 3.31. The monoisotopic (exact) mass is 404 g/mol. The second kappa shape index (κ2) is 7.91. The van der Waals surface area contributed by atoms with Crippen LogP contribution in [-0.4, -0.2) is 28.8 Å². The van der Waals surface area contributed by atoms with Crippen LogP contribution in [0.4, 0.5) is 0 Å². The van der Waals surface area contributed by atoms with Crippen molar-refractivity contribution < 1.29 is 9.59 Å². The van der Waals surface area contributed by atoms with Crippen LogP contribution in [-0.2, 0) is 22.6 Å². The van der Waals surface area contributed by atoms with Crippen molar-refractivity contribution in [1.29, 1.82) is 0 Å². The van der Waals surface area contributed by atoms with Gasteiger partial charge in [-0.25, -0.2) is 0 Å². The lowest BCUT2D eigenvalue weighted by molar-refractivity contribution is -0.157. The van der Waals surface area contributed by atoms with Crippen LogP contribution in [0.15, 0.2) is 42.5 Å². The summed E-state index contributed by atoms with van der Waals surface area (Å²) in [5, 5.41) is 3.95. The minimum atomic E-state index is -0.820. The molecule has 0 saturated carbocycles. The fraction of sp³-hybridized carbons (Fsp3) is 0.333. The van der Waals surface area contributed by atoms with Crippen LogP contribution < -0.4 is 5.32 Å². The van der Waals surface area contributed by atoms with Gasteiger partial charge in [-0.2, -0.15) is 0 Å². The molecule has 0 radical (unpaired) electrons. The van der Waals surface area contributed by atoms with Gasteiger partial charge in [0.05, 0.1) is 6.42 Å². The Morgan fingerprint density at radius 1 is 1.19 bits per heavy atom. The molecular formula is C21H22Cl2N2O2. The van der Waals surface area contributed by atoms with Gasteiger partial charge in [0.25, 0.3) is 0 Å². The highest BCUT2D eigenvalue weighted by molar-refractivity contribution is 6.35. The zero-order valence-corrected chi connectivity index (χ0v) is 16.9. The molecular weight excluding hydrogens is 383 g/mol. The Morgan fingerprint density at radius 2 is 1.96 bits per heavy atom. The number of rotatable bonds is 5. The number of benzene rings is 2. The Labute approximate surface area is 169 Å². The van der Waals surface area contributed by atoms with Crippen molar-refractivity contribution in [3.05, 3.63) is 69.2 Å². The van der Waals surface area contributed by atoms with Gasteiger partial charge in [-0.3, -0.25) is 9.59 Å². The molecule has 6 heteroatoms. The summed E-state index contributed by atoms with van der Waals surface area (Å²) in [7, 11) is 0. The van der Waals surface area contributed by atoms with Crippen molar-refractivity contribution in [1.82, 2.24) is 10.2 Å². The van der Waals surface area contributed by atoms with Crippen molar-refractivity contribution >= 4 is 35.0 Å². The zero-order chi connectivity index (χ0) is 19.6. The number of hydrogen-bond donors (Lipinski definition) is 1. The smallest absolute Gasteiger partial charge is 0.246 e. The van der Waals surface area contributed by atoms with Gasteiger partial charge in [-0.1, -0.05) is 59.1 Å². The Hall–Kier alpha value is -2.04. The van der Waals surface area contributed by atoms with Crippen molar-refractivity contribution in [2.45, 2.75) is 38.8 Å². The van der Waals surface area contributed by atoms with Gasteiger partial charge < -0.3 is 10.2 Å². The number of nitrogens with zero attached hydrogens (tertiary/aromatic N) is 1. The van der Waals surface area contributed by atoms with Gasteiger partial charge >= 0.3 is 0 Å². The van der Waals surface area contributed by atoms with Crippen LogP contribution in [0.25, 0.3) is 0 Å². The summed E-state index contributed by atoms with van der Waals surface area (Å²) >= 11 is 12.1. The number of nitrogens with one attached hydrogen (secondary N) is 1. The number of amides is 2. The lowest BCUT2D eigenvalue weighted by Crippen LogP contribution is -2.67. The first-order valence-corrected chi connectivity index (χ1v) is 9.63. The zero-order valence-electron chi connectivity index (χ0n) is 15.4. The molecule has 4 nitrogen and oxygen atoms in total. The number of hydrogen-bond acceptors (Lipinski definition) is 2. The quantitative estimate of drug-likeness (QED) is 0.813. The molecule has 1 aliphatic rings. The molecule has 1 fully saturated rings. The third-order valence-corrected chi connectivity index (χ3v) is 5.69. The summed E-state index contributed by atoms with van der Waals surface area (Å²) in [5.74, 6) is -0.246. The third kappa shape index (κ3) is 4.28. The highest BCUT2D eigenvalue weighted by Crippen LogP contribution is 2.32. The summed E-state index contributed by atoms with van der Waals surface area (Å²) in [4.78, 5) is 27.1. The number of halogens is 2. The topological polar surface area (TPSA) is 49.4 Å². The van der Waals surface area contributed by atoms with E-state index in [1.165, 1.54) is 0 Å². The molecule has 1 unspecified atom stereocenters. The molecule has 3 rings (SSSR count). The summed E-state index contributed by atoms with van der Waals surface area (Å²) in [6, 6.07) is 13.1. The lowest BCUT2D eigenvalue weighted by Gasteiger charge is -2.49. The van der Waals surface area contributed by atoms with E-state index in [-0.39, 0.29) is 18.2 Å². The summed E-state index contributed by atoms with van der Waals surface area (Å²) in [6.45, 7) is 4.84. The molecule has 0 spiro atoms. The maximum absolute atomic E-state index is 12.7. The van der Waals surface area contributed by atoms with Gasteiger partial charge in [0.1, 0.15) is 5.54 Å². The number of carbonyl (C=O) groups is 2. The second-order valence-electron chi connectivity index (χ2n) is 7.15. The van der Waals surface area contributed by atoms with E-state index in [2.05, 4.69) is 5.32 Å². The third-order valence-electron chi connectivity index (χ3n) is 5.10. The Morgan fingerprint density at radius 3 is 2.59 bits per heavy atom. The maximum Gasteiger partial charge on any atom is 0.246 e. The molecule has 1 saturated heterocycles. The molecule has 0 bridgehead atoms. The number of aryl methyl sites for hydroxylation is 1. The van der Waals surface area contributed by atoms with Gasteiger partial charge in [-0.05, 0) is 43.5 Å². The van der Waals surface area contributed by atoms with Crippen LogP contribution in [0.1, 0.15) is 30.0 Å². The minimum absolute atomic E-state index is 0.112. The number of carbonyl (C=O) groups excluding carboxylic acids is 2. The predicted molar refractivity (Wildman–Crippen MR) is 108 cm³/mol. The van der Waals surface area contributed by atoms with E-state index in [0.29, 0.717) is 35.1 Å². The Balaban J connectivity index is 1.63. The normalized spacial score (nSPS) is 18.7.